The van der Waals surface area contributed by atoms with Crippen LogP contribution in [0, 0.1) is 5.41 Å². The summed E-state index contributed by atoms with van der Waals surface area (Å²) in [6, 6.07) is 9.30. The van der Waals surface area contributed by atoms with Crippen molar-refractivity contribution in [3.05, 3.63) is 35.9 Å². The van der Waals surface area contributed by atoms with Crippen LogP contribution >= 0.6 is 0 Å². The molecule has 1 N–H and O–H groups in total. The average molecular weight is 335 g/mol. The van der Waals surface area contributed by atoms with E-state index in [2.05, 4.69) is 0 Å². The third-order valence-electron chi connectivity index (χ3n) is 3.72. The number of esters is 1. The van der Waals surface area contributed by atoms with Gasteiger partial charge in [0.1, 0.15) is 11.0 Å². The molecule has 0 aromatic heterocycles. The maximum Gasteiger partial charge on any atom is 0.410 e. The maximum atomic E-state index is 12.2. The minimum atomic E-state index is -1.20. The number of aliphatic hydroxyl groups excluding tert-OH is 1. The van der Waals surface area contributed by atoms with E-state index in [0.717, 1.165) is 5.56 Å². The predicted octanol–water partition coefficient (Wildman–Crippen LogP) is 2.35. The van der Waals surface area contributed by atoms with Crippen LogP contribution in [0.1, 0.15) is 33.3 Å². The van der Waals surface area contributed by atoms with Crippen LogP contribution in [0.15, 0.2) is 30.3 Å². The van der Waals surface area contributed by atoms with Crippen molar-refractivity contribution in [3.8, 4) is 0 Å². The highest BCUT2D eigenvalue weighted by Crippen LogP contribution is 2.32. The monoisotopic (exact) mass is 335 g/mol. The Kier molecular flexibility index (Phi) is 5.18. The van der Waals surface area contributed by atoms with Gasteiger partial charge in [-0.3, -0.25) is 4.79 Å². The molecule has 0 spiro atoms. The molecule has 2 rings (SSSR count). The van der Waals surface area contributed by atoms with E-state index in [1.807, 2.05) is 30.3 Å². The zero-order valence-electron chi connectivity index (χ0n) is 14.6. The molecular weight excluding hydrogens is 310 g/mol. The zero-order chi connectivity index (χ0) is 18.0. The van der Waals surface area contributed by atoms with Crippen LogP contribution in [0.3, 0.4) is 0 Å². The highest BCUT2D eigenvalue weighted by atomic mass is 16.6. The van der Waals surface area contributed by atoms with Gasteiger partial charge in [-0.15, -0.1) is 0 Å². The van der Waals surface area contributed by atoms with Crippen molar-refractivity contribution in [2.24, 2.45) is 5.41 Å². The van der Waals surface area contributed by atoms with Gasteiger partial charge in [-0.25, -0.2) is 4.79 Å². The summed E-state index contributed by atoms with van der Waals surface area (Å²) in [5.41, 5.74) is -0.503. The molecule has 24 heavy (non-hydrogen) atoms. The Hall–Kier alpha value is -2.08. The van der Waals surface area contributed by atoms with Gasteiger partial charge in [0.15, 0.2) is 0 Å². The second-order valence-electron chi connectivity index (χ2n) is 7.45. The van der Waals surface area contributed by atoms with Gasteiger partial charge in [0.25, 0.3) is 0 Å². The quantitative estimate of drug-likeness (QED) is 0.675. The highest BCUT2D eigenvalue weighted by molar-refractivity contribution is 5.81. The predicted molar refractivity (Wildman–Crippen MR) is 88.2 cm³/mol. The second-order valence-corrected chi connectivity index (χ2v) is 7.45. The molecule has 1 saturated heterocycles. The van der Waals surface area contributed by atoms with Gasteiger partial charge in [0, 0.05) is 19.5 Å². The normalized spacial score (nSPS) is 17.6. The van der Waals surface area contributed by atoms with Crippen LogP contribution in [-0.2, 0) is 20.7 Å². The molecule has 0 bridgehead atoms. The molecule has 132 valence electrons. The second kappa shape index (κ2) is 6.81. The van der Waals surface area contributed by atoms with E-state index < -0.39 is 29.4 Å². The number of hydrogen-bond acceptors (Lipinski definition) is 5. The van der Waals surface area contributed by atoms with Crippen LogP contribution in [-0.4, -0.2) is 47.0 Å². The van der Waals surface area contributed by atoms with Crippen molar-refractivity contribution in [1.29, 1.82) is 0 Å². The fourth-order valence-corrected chi connectivity index (χ4v) is 2.50. The Bertz CT molecular complexity index is 587. The van der Waals surface area contributed by atoms with E-state index >= 15 is 0 Å². The molecule has 1 atom stereocenters. The summed E-state index contributed by atoms with van der Waals surface area (Å²) in [7, 11) is 0. The molecule has 1 aromatic rings. The standard InChI is InChI=1S/C18H25NO5/c1-17(2,3)24-16(22)19-11-18(4,12-19)15(21)23-14(20)10-13-8-6-5-7-9-13/h5-9,14,20H,10-12H2,1-4H3. The first-order chi connectivity index (χ1) is 11.1. The van der Waals surface area contributed by atoms with Gasteiger partial charge < -0.3 is 19.5 Å². The Balaban J connectivity index is 1.82. The number of rotatable bonds is 4. The Morgan fingerprint density at radius 2 is 1.83 bits per heavy atom. The molecule has 1 heterocycles. The Morgan fingerprint density at radius 3 is 2.38 bits per heavy atom. The lowest BCUT2D eigenvalue weighted by Gasteiger charge is -2.45. The average Bonchev–Trinajstić information content (AvgIpc) is 2.42. The number of ether oxygens (including phenoxy) is 2. The van der Waals surface area contributed by atoms with Gasteiger partial charge in [-0.1, -0.05) is 30.3 Å². The van der Waals surface area contributed by atoms with E-state index in [-0.39, 0.29) is 19.5 Å². The topological polar surface area (TPSA) is 76.1 Å². The van der Waals surface area contributed by atoms with Crippen molar-refractivity contribution in [1.82, 2.24) is 4.90 Å². The van der Waals surface area contributed by atoms with Crippen molar-refractivity contribution < 1.29 is 24.2 Å². The minimum absolute atomic E-state index is 0.221. The summed E-state index contributed by atoms with van der Waals surface area (Å²) < 4.78 is 10.4. The number of aliphatic hydroxyl groups is 1. The molecule has 1 fully saturated rings. The first kappa shape index (κ1) is 18.3. The molecule has 1 aromatic carbocycles. The van der Waals surface area contributed by atoms with Crippen molar-refractivity contribution in [2.45, 2.75) is 46.0 Å². The summed E-state index contributed by atoms with van der Waals surface area (Å²) in [5.74, 6) is -0.509. The van der Waals surface area contributed by atoms with Crippen LogP contribution < -0.4 is 0 Å². The zero-order valence-corrected chi connectivity index (χ0v) is 14.6. The number of nitrogens with zero attached hydrogens (tertiary/aromatic N) is 1. The van der Waals surface area contributed by atoms with E-state index in [0.29, 0.717) is 0 Å². The van der Waals surface area contributed by atoms with Gasteiger partial charge in [-0.05, 0) is 33.3 Å². The molecule has 1 aliphatic rings. The molecule has 1 amide bonds. The fourth-order valence-electron chi connectivity index (χ4n) is 2.50. The Labute approximate surface area is 142 Å². The summed E-state index contributed by atoms with van der Waals surface area (Å²) in [6.45, 7) is 7.53. The van der Waals surface area contributed by atoms with Crippen LogP contribution in [0.5, 0.6) is 0 Å². The van der Waals surface area contributed by atoms with Gasteiger partial charge >= 0.3 is 12.1 Å². The van der Waals surface area contributed by atoms with Crippen LogP contribution in [0.2, 0.25) is 0 Å². The number of carbonyl (C=O) groups excluding carboxylic acids is 2. The lowest BCUT2D eigenvalue weighted by Crippen LogP contribution is -2.62. The maximum absolute atomic E-state index is 12.2. The third kappa shape index (κ3) is 4.71. The first-order valence-corrected chi connectivity index (χ1v) is 8.00. The lowest BCUT2D eigenvalue weighted by molar-refractivity contribution is -0.187. The van der Waals surface area contributed by atoms with Gasteiger partial charge in [0.05, 0.1) is 0 Å². The van der Waals surface area contributed by atoms with E-state index in [1.54, 1.807) is 27.7 Å². The molecule has 0 saturated carbocycles. The third-order valence-corrected chi connectivity index (χ3v) is 3.72. The van der Waals surface area contributed by atoms with Crippen molar-refractivity contribution >= 4 is 12.1 Å². The van der Waals surface area contributed by atoms with E-state index in [4.69, 9.17) is 9.47 Å². The molecule has 6 nitrogen and oxygen atoms in total. The van der Waals surface area contributed by atoms with E-state index in [1.165, 1.54) is 4.90 Å². The van der Waals surface area contributed by atoms with Crippen LogP contribution in [0.4, 0.5) is 4.79 Å². The smallest absolute Gasteiger partial charge is 0.410 e. The largest absolute Gasteiger partial charge is 0.444 e. The SMILES string of the molecule is CC(C)(C)OC(=O)N1CC(C)(C(=O)OC(O)Cc2ccccc2)C1. The number of hydrogen-bond donors (Lipinski definition) is 1. The lowest BCUT2D eigenvalue weighted by atomic mass is 9.82. The van der Waals surface area contributed by atoms with Crippen molar-refractivity contribution in [3.63, 3.8) is 0 Å². The molecule has 0 radical (unpaired) electrons. The first-order valence-electron chi connectivity index (χ1n) is 8.00. The number of carbonyl (C=O) groups is 2. The van der Waals surface area contributed by atoms with Crippen LogP contribution in [0.25, 0.3) is 0 Å². The summed E-state index contributed by atoms with van der Waals surface area (Å²) >= 11 is 0. The summed E-state index contributed by atoms with van der Waals surface area (Å²) in [4.78, 5) is 25.6. The molecule has 1 aliphatic heterocycles. The molecular formula is C18H25NO5. The summed E-state index contributed by atoms with van der Waals surface area (Å²) in [6.07, 6.45) is -1.41. The van der Waals surface area contributed by atoms with Gasteiger partial charge in [0.2, 0.25) is 6.29 Å². The van der Waals surface area contributed by atoms with Gasteiger partial charge in [-0.2, -0.15) is 0 Å². The molecule has 6 heteroatoms. The number of benzene rings is 1. The van der Waals surface area contributed by atoms with Crippen molar-refractivity contribution in [2.75, 3.05) is 13.1 Å². The fraction of sp³-hybridized carbons (Fsp3) is 0.556. The molecule has 1 unspecified atom stereocenters. The highest BCUT2D eigenvalue weighted by Gasteiger charge is 2.50. The Morgan fingerprint density at radius 1 is 1.25 bits per heavy atom. The number of likely N-dealkylation sites (tertiary alicyclic amines) is 1. The number of amides is 1. The summed E-state index contributed by atoms with van der Waals surface area (Å²) in [5, 5.41) is 9.94. The minimum Gasteiger partial charge on any atom is -0.444 e. The molecule has 0 aliphatic carbocycles. The van der Waals surface area contributed by atoms with E-state index in [9.17, 15) is 14.7 Å².